The molecular formula is C13H15ClN4O3. The van der Waals surface area contributed by atoms with Crippen LogP contribution in [0.4, 0.5) is 5.82 Å². The van der Waals surface area contributed by atoms with Gasteiger partial charge in [-0.05, 0) is 26.0 Å². The summed E-state index contributed by atoms with van der Waals surface area (Å²) in [6.07, 6.45) is 0. The van der Waals surface area contributed by atoms with Crippen molar-refractivity contribution in [2.75, 3.05) is 18.4 Å². The van der Waals surface area contributed by atoms with Crippen LogP contribution in [-0.2, 0) is 9.59 Å². The van der Waals surface area contributed by atoms with Gasteiger partial charge in [-0.25, -0.2) is 4.98 Å². The number of halogens is 1. The molecule has 0 aliphatic carbocycles. The van der Waals surface area contributed by atoms with Crippen molar-refractivity contribution in [2.45, 2.75) is 19.9 Å². The van der Waals surface area contributed by atoms with Crippen LogP contribution in [0.15, 0.2) is 12.1 Å². The van der Waals surface area contributed by atoms with Crippen molar-refractivity contribution in [3.05, 3.63) is 22.8 Å². The molecule has 0 radical (unpaired) electrons. The van der Waals surface area contributed by atoms with Crippen LogP contribution in [0.3, 0.4) is 0 Å². The number of hydrogen-bond acceptors (Lipinski definition) is 5. The third-order valence-electron chi connectivity index (χ3n) is 3.08. The molecule has 7 nitrogen and oxygen atoms in total. The molecule has 0 saturated carbocycles. The zero-order valence-corrected chi connectivity index (χ0v) is 12.4. The topological polar surface area (TPSA) is 91.4 Å². The number of amides is 3. The van der Waals surface area contributed by atoms with E-state index < -0.39 is 23.8 Å². The second kappa shape index (κ2) is 6.09. The summed E-state index contributed by atoms with van der Waals surface area (Å²) in [5.74, 6) is -0.965. The van der Waals surface area contributed by atoms with E-state index in [9.17, 15) is 14.4 Å². The molecule has 21 heavy (non-hydrogen) atoms. The summed E-state index contributed by atoms with van der Waals surface area (Å²) in [4.78, 5) is 40.8. The number of carbonyl (C=O) groups excluding carboxylic acids is 3. The molecule has 1 fully saturated rings. The maximum Gasteiger partial charge on any atom is 0.255 e. The molecule has 2 heterocycles. The Kier molecular flexibility index (Phi) is 4.42. The number of rotatable bonds is 3. The first-order valence-corrected chi connectivity index (χ1v) is 6.86. The highest BCUT2D eigenvalue weighted by atomic mass is 35.5. The number of nitrogens with zero attached hydrogens (tertiary/aromatic N) is 2. The van der Waals surface area contributed by atoms with Crippen molar-refractivity contribution in [3.8, 4) is 0 Å². The summed E-state index contributed by atoms with van der Waals surface area (Å²) < 4.78 is 0. The van der Waals surface area contributed by atoms with Gasteiger partial charge in [-0.2, -0.15) is 0 Å². The van der Waals surface area contributed by atoms with Gasteiger partial charge in [-0.1, -0.05) is 11.6 Å². The first kappa shape index (κ1) is 15.2. The molecule has 0 aromatic carbocycles. The van der Waals surface area contributed by atoms with E-state index in [1.807, 2.05) is 6.92 Å². The second-order valence-electron chi connectivity index (χ2n) is 4.62. The van der Waals surface area contributed by atoms with Gasteiger partial charge in [-0.3, -0.25) is 19.7 Å². The number of hydrogen-bond donors (Lipinski definition) is 2. The van der Waals surface area contributed by atoms with Gasteiger partial charge in [0.05, 0.1) is 0 Å². The summed E-state index contributed by atoms with van der Waals surface area (Å²) >= 11 is 5.89. The van der Waals surface area contributed by atoms with Crippen molar-refractivity contribution in [3.63, 3.8) is 0 Å². The Bertz CT molecular complexity index is 605. The minimum Gasteiger partial charge on any atom is -0.370 e. The van der Waals surface area contributed by atoms with Crippen LogP contribution in [0.2, 0.25) is 5.15 Å². The fraction of sp³-hybridized carbons (Fsp3) is 0.385. The van der Waals surface area contributed by atoms with E-state index in [-0.39, 0.29) is 17.3 Å². The standard InChI is InChI=1S/C13H15ClN4O3/c1-3-15-10-5-8(4-9(14)16-10)13(21)18-6-11(19)17-12(20)7(18)2/h4-5,7H,3,6H2,1-2H3,(H,15,16)(H,17,19,20). The molecule has 1 aliphatic heterocycles. The van der Waals surface area contributed by atoms with Crippen LogP contribution in [0, 0.1) is 0 Å². The Balaban J connectivity index is 2.30. The lowest BCUT2D eigenvalue weighted by Crippen LogP contribution is -2.58. The molecule has 1 saturated heterocycles. The monoisotopic (exact) mass is 310 g/mol. The zero-order chi connectivity index (χ0) is 15.6. The van der Waals surface area contributed by atoms with E-state index in [0.29, 0.717) is 12.4 Å². The minimum atomic E-state index is -0.718. The van der Waals surface area contributed by atoms with Gasteiger partial charge in [0.2, 0.25) is 11.8 Å². The number of nitrogens with one attached hydrogen (secondary N) is 2. The third-order valence-corrected chi connectivity index (χ3v) is 3.28. The molecule has 1 aliphatic rings. The largest absolute Gasteiger partial charge is 0.370 e. The van der Waals surface area contributed by atoms with Gasteiger partial charge in [0, 0.05) is 12.1 Å². The van der Waals surface area contributed by atoms with Gasteiger partial charge in [0.25, 0.3) is 5.91 Å². The number of piperazine rings is 1. The fourth-order valence-corrected chi connectivity index (χ4v) is 2.23. The molecular weight excluding hydrogens is 296 g/mol. The predicted octanol–water partition coefficient (Wildman–Crippen LogP) is 0.654. The average Bonchev–Trinajstić information content (AvgIpc) is 2.41. The number of imide groups is 1. The van der Waals surface area contributed by atoms with Crippen LogP contribution < -0.4 is 10.6 Å². The minimum absolute atomic E-state index is 0.164. The Morgan fingerprint density at radius 1 is 1.52 bits per heavy atom. The zero-order valence-electron chi connectivity index (χ0n) is 11.6. The Morgan fingerprint density at radius 3 is 2.90 bits per heavy atom. The highest BCUT2D eigenvalue weighted by Gasteiger charge is 2.34. The molecule has 2 N–H and O–H groups in total. The Labute approximate surface area is 126 Å². The maximum atomic E-state index is 12.5. The van der Waals surface area contributed by atoms with Gasteiger partial charge < -0.3 is 10.2 Å². The molecule has 0 bridgehead atoms. The molecule has 3 amide bonds. The van der Waals surface area contributed by atoms with E-state index in [0.717, 1.165) is 0 Å². The highest BCUT2D eigenvalue weighted by molar-refractivity contribution is 6.30. The summed E-state index contributed by atoms with van der Waals surface area (Å²) in [5.41, 5.74) is 0.278. The van der Waals surface area contributed by atoms with Gasteiger partial charge in [-0.15, -0.1) is 0 Å². The number of pyridine rings is 1. The summed E-state index contributed by atoms with van der Waals surface area (Å²) in [7, 11) is 0. The van der Waals surface area contributed by atoms with E-state index >= 15 is 0 Å². The van der Waals surface area contributed by atoms with Gasteiger partial charge in [0.15, 0.2) is 0 Å². The highest BCUT2D eigenvalue weighted by Crippen LogP contribution is 2.18. The predicted molar refractivity (Wildman–Crippen MR) is 77.1 cm³/mol. The lowest BCUT2D eigenvalue weighted by molar-refractivity contribution is -0.138. The fourth-order valence-electron chi connectivity index (χ4n) is 2.02. The number of aromatic nitrogens is 1. The molecule has 8 heteroatoms. The molecule has 1 aromatic rings. The lowest BCUT2D eigenvalue weighted by atomic mass is 10.1. The molecule has 0 spiro atoms. The van der Waals surface area contributed by atoms with Crippen LogP contribution in [-0.4, -0.2) is 46.7 Å². The van der Waals surface area contributed by atoms with Crippen molar-refractivity contribution in [1.29, 1.82) is 0 Å². The summed E-state index contributed by atoms with van der Waals surface area (Å²) in [6, 6.07) is 2.24. The lowest BCUT2D eigenvalue weighted by Gasteiger charge is -2.31. The van der Waals surface area contributed by atoms with E-state index in [4.69, 9.17) is 11.6 Å². The normalized spacial score (nSPS) is 18.4. The smallest absolute Gasteiger partial charge is 0.255 e. The van der Waals surface area contributed by atoms with Gasteiger partial charge in [0.1, 0.15) is 23.6 Å². The molecule has 112 valence electrons. The van der Waals surface area contributed by atoms with E-state index in [2.05, 4.69) is 15.6 Å². The average molecular weight is 311 g/mol. The number of carbonyl (C=O) groups is 3. The van der Waals surface area contributed by atoms with E-state index in [1.54, 1.807) is 13.0 Å². The van der Waals surface area contributed by atoms with Crippen LogP contribution in [0.1, 0.15) is 24.2 Å². The summed E-state index contributed by atoms with van der Waals surface area (Å²) in [6.45, 7) is 3.91. The summed E-state index contributed by atoms with van der Waals surface area (Å²) in [5, 5.41) is 5.31. The third kappa shape index (κ3) is 3.30. The van der Waals surface area contributed by atoms with Crippen LogP contribution in [0.25, 0.3) is 0 Å². The Morgan fingerprint density at radius 2 is 2.24 bits per heavy atom. The van der Waals surface area contributed by atoms with Crippen molar-refractivity contribution >= 4 is 35.1 Å². The maximum absolute atomic E-state index is 12.5. The molecule has 1 atom stereocenters. The molecule has 1 unspecified atom stereocenters. The quantitative estimate of drug-likeness (QED) is 0.632. The molecule has 1 aromatic heterocycles. The second-order valence-corrected chi connectivity index (χ2v) is 5.00. The van der Waals surface area contributed by atoms with E-state index in [1.165, 1.54) is 11.0 Å². The SMILES string of the molecule is CCNc1cc(C(=O)N2CC(=O)NC(=O)C2C)cc(Cl)n1. The van der Waals surface area contributed by atoms with Gasteiger partial charge >= 0.3 is 0 Å². The van der Waals surface area contributed by atoms with Crippen molar-refractivity contribution in [1.82, 2.24) is 15.2 Å². The van der Waals surface area contributed by atoms with Crippen molar-refractivity contribution in [2.24, 2.45) is 0 Å². The van der Waals surface area contributed by atoms with Crippen molar-refractivity contribution < 1.29 is 14.4 Å². The first-order valence-electron chi connectivity index (χ1n) is 6.48. The van der Waals surface area contributed by atoms with Crippen LogP contribution >= 0.6 is 11.6 Å². The molecule has 2 rings (SSSR count). The number of anilines is 1. The first-order chi connectivity index (χ1) is 9.92. The Hall–Kier alpha value is -2.15. The van der Waals surface area contributed by atoms with Crippen LogP contribution in [0.5, 0.6) is 0 Å².